The zero-order valence-electron chi connectivity index (χ0n) is 8.33. The summed E-state index contributed by atoms with van der Waals surface area (Å²) in [6, 6.07) is 10.3. The molecule has 0 atom stereocenters. The van der Waals surface area contributed by atoms with Crippen LogP contribution in [0.4, 0.5) is 0 Å². The summed E-state index contributed by atoms with van der Waals surface area (Å²) in [6.07, 6.45) is 2.56. The van der Waals surface area contributed by atoms with E-state index in [2.05, 4.69) is 19.1 Å². The number of benzene rings is 1. The van der Waals surface area contributed by atoms with Crippen molar-refractivity contribution in [3.05, 3.63) is 35.9 Å². The molecule has 0 bridgehead atoms. The minimum atomic E-state index is 0. The lowest BCUT2D eigenvalue weighted by molar-refractivity contribution is 0.198. The van der Waals surface area contributed by atoms with Gasteiger partial charge in [-0.3, -0.25) is 0 Å². The molecule has 2 radical (unpaired) electrons. The van der Waals surface area contributed by atoms with E-state index in [-0.39, 0.29) is 23.1 Å². The molecule has 0 spiro atoms. The number of ether oxygens (including phenoxy) is 1. The van der Waals surface area contributed by atoms with Crippen LogP contribution in [0.3, 0.4) is 0 Å². The van der Waals surface area contributed by atoms with Gasteiger partial charge in [0.1, 0.15) is 0 Å². The van der Waals surface area contributed by atoms with Crippen LogP contribution in [0.2, 0.25) is 0 Å². The van der Waals surface area contributed by atoms with E-state index in [4.69, 9.17) is 4.74 Å². The summed E-state index contributed by atoms with van der Waals surface area (Å²) in [4.78, 5) is 0. The van der Waals surface area contributed by atoms with Gasteiger partial charge < -0.3 is 4.74 Å². The van der Waals surface area contributed by atoms with Crippen molar-refractivity contribution in [3.8, 4) is 0 Å². The van der Waals surface area contributed by atoms with Crippen molar-refractivity contribution >= 4 is 23.1 Å². The second-order valence-electron chi connectivity index (χ2n) is 2.97. The molecule has 0 aromatic heterocycles. The largest absolute Gasteiger partial charge is 0.381 e. The van der Waals surface area contributed by atoms with Crippen molar-refractivity contribution in [2.45, 2.75) is 19.8 Å². The predicted molar refractivity (Wildman–Crippen MR) is 57.0 cm³/mol. The van der Waals surface area contributed by atoms with Crippen molar-refractivity contribution in [2.75, 3.05) is 13.2 Å². The highest BCUT2D eigenvalue weighted by Crippen LogP contribution is 1.98. The Morgan fingerprint density at radius 2 is 1.54 bits per heavy atom. The summed E-state index contributed by atoms with van der Waals surface area (Å²) in [7, 11) is 0. The molecule has 0 amide bonds. The van der Waals surface area contributed by atoms with E-state index in [0.29, 0.717) is 0 Å². The Balaban J connectivity index is 0.000000215. The highest BCUT2D eigenvalue weighted by Gasteiger charge is 1.94. The minimum Gasteiger partial charge on any atom is -0.381 e. The van der Waals surface area contributed by atoms with Gasteiger partial charge in [0, 0.05) is 36.3 Å². The van der Waals surface area contributed by atoms with Crippen molar-refractivity contribution < 1.29 is 4.74 Å². The van der Waals surface area contributed by atoms with Gasteiger partial charge in [-0.1, -0.05) is 35.9 Å². The monoisotopic (exact) mass is 188 g/mol. The van der Waals surface area contributed by atoms with Gasteiger partial charge in [-0.25, -0.2) is 0 Å². The molecule has 0 unspecified atom stereocenters. The maximum absolute atomic E-state index is 4.94. The highest BCUT2D eigenvalue weighted by molar-refractivity contribution is 5.75. The van der Waals surface area contributed by atoms with E-state index in [1.54, 1.807) is 0 Å². The molecule has 1 aliphatic rings. The van der Waals surface area contributed by atoms with E-state index in [1.165, 1.54) is 18.4 Å². The molecule has 0 N–H and O–H groups in total. The number of aryl methyl sites for hydroxylation is 1. The zero-order valence-corrected chi connectivity index (χ0v) is 9.74. The van der Waals surface area contributed by atoms with E-state index in [9.17, 15) is 0 Å². The average Bonchev–Trinajstić information content (AvgIpc) is 2.62. The Bertz CT molecular complexity index is 187. The van der Waals surface area contributed by atoms with E-state index in [0.717, 1.165) is 13.2 Å². The maximum Gasteiger partial charge on any atom is 0.0466 e. The highest BCUT2D eigenvalue weighted by atomic mass is 24.3. The van der Waals surface area contributed by atoms with Crippen LogP contribution in [0, 0.1) is 6.92 Å². The van der Waals surface area contributed by atoms with Crippen molar-refractivity contribution in [1.82, 2.24) is 0 Å². The Kier molecular flexibility index (Phi) is 8.50. The number of hydrogen-bond acceptors (Lipinski definition) is 1. The summed E-state index contributed by atoms with van der Waals surface area (Å²) in [6.45, 7) is 4.08. The van der Waals surface area contributed by atoms with Crippen molar-refractivity contribution in [1.29, 1.82) is 0 Å². The lowest BCUT2D eigenvalue weighted by Crippen LogP contribution is -1.74. The molecule has 1 saturated heterocycles. The van der Waals surface area contributed by atoms with Crippen molar-refractivity contribution in [2.24, 2.45) is 0 Å². The molecule has 1 fully saturated rings. The average molecular weight is 189 g/mol. The van der Waals surface area contributed by atoms with Crippen LogP contribution < -0.4 is 0 Å². The second-order valence-corrected chi connectivity index (χ2v) is 2.97. The summed E-state index contributed by atoms with van der Waals surface area (Å²) in [5.41, 5.74) is 1.32. The molecule has 1 aromatic carbocycles. The van der Waals surface area contributed by atoms with Crippen LogP contribution in [0.5, 0.6) is 0 Å². The fraction of sp³-hybridized carbons (Fsp3) is 0.455. The third-order valence-corrected chi connectivity index (χ3v) is 1.77. The van der Waals surface area contributed by atoms with Gasteiger partial charge in [0.15, 0.2) is 0 Å². The number of hydrogen-bond donors (Lipinski definition) is 0. The molecule has 1 aliphatic heterocycles. The normalized spacial score (nSPS) is 13.9. The molecule has 0 saturated carbocycles. The topological polar surface area (TPSA) is 9.23 Å². The van der Waals surface area contributed by atoms with Gasteiger partial charge in [-0.2, -0.15) is 0 Å². The first kappa shape index (κ1) is 12.9. The van der Waals surface area contributed by atoms with Gasteiger partial charge in [-0.15, -0.1) is 0 Å². The molecular formula is C11H16MgO. The molecule has 68 valence electrons. The summed E-state index contributed by atoms with van der Waals surface area (Å²) in [5.74, 6) is 0. The quantitative estimate of drug-likeness (QED) is 0.568. The lowest BCUT2D eigenvalue weighted by atomic mass is 10.2. The zero-order chi connectivity index (χ0) is 8.65. The van der Waals surface area contributed by atoms with Crippen LogP contribution in [-0.2, 0) is 4.74 Å². The maximum atomic E-state index is 4.94. The molecule has 1 nitrogen and oxygen atoms in total. The molecule has 2 heteroatoms. The third-order valence-electron chi connectivity index (χ3n) is 1.77. The minimum absolute atomic E-state index is 0. The third kappa shape index (κ3) is 7.05. The molecule has 13 heavy (non-hydrogen) atoms. The summed E-state index contributed by atoms with van der Waals surface area (Å²) in [5, 5.41) is 0. The molecule has 1 heterocycles. The van der Waals surface area contributed by atoms with Crippen LogP contribution in [0.25, 0.3) is 0 Å². The van der Waals surface area contributed by atoms with Gasteiger partial charge >= 0.3 is 0 Å². The first-order valence-corrected chi connectivity index (χ1v) is 4.49. The second kappa shape index (κ2) is 8.54. The van der Waals surface area contributed by atoms with Crippen LogP contribution in [0.1, 0.15) is 18.4 Å². The fourth-order valence-electron chi connectivity index (χ4n) is 1.04. The Morgan fingerprint density at radius 3 is 1.77 bits per heavy atom. The first-order valence-electron chi connectivity index (χ1n) is 4.49. The van der Waals surface area contributed by atoms with Crippen LogP contribution in [0.15, 0.2) is 30.3 Å². The van der Waals surface area contributed by atoms with Gasteiger partial charge in [0.2, 0.25) is 0 Å². The molecular weight excluding hydrogens is 172 g/mol. The van der Waals surface area contributed by atoms with Crippen LogP contribution in [-0.4, -0.2) is 36.3 Å². The molecule has 2 rings (SSSR count). The fourth-order valence-corrected chi connectivity index (χ4v) is 1.04. The summed E-state index contributed by atoms with van der Waals surface area (Å²) >= 11 is 0. The molecule has 1 aromatic rings. The Morgan fingerprint density at radius 1 is 1.00 bits per heavy atom. The SMILES string of the molecule is C1CCOC1.Cc1ccccc1.[Mg]. The predicted octanol–water partition coefficient (Wildman–Crippen LogP) is 2.41. The van der Waals surface area contributed by atoms with E-state index >= 15 is 0 Å². The van der Waals surface area contributed by atoms with E-state index in [1.807, 2.05) is 18.2 Å². The van der Waals surface area contributed by atoms with Crippen molar-refractivity contribution in [3.63, 3.8) is 0 Å². The van der Waals surface area contributed by atoms with Gasteiger partial charge in [0.25, 0.3) is 0 Å². The van der Waals surface area contributed by atoms with Crippen LogP contribution >= 0.6 is 0 Å². The first-order chi connectivity index (χ1) is 5.89. The summed E-state index contributed by atoms with van der Waals surface area (Å²) < 4.78 is 4.94. The standard InChI is InChI=1S/C7H8.C4H8O.Mg/c1-7-5-3-2-4-6-7;1-2-4-5-3-1;/h2-6H,1H3;1-4H2;. The lowest BCUT2D eigenvalue weighted by Gasteiger charge is -1.82. The van der Waals surface area contributed by atoms with Gasteiger partial charge in [-0.05, 0) is 19.8 Å². The molecule has 0 aliphatic carbocycles. The Labute approximate surface area is 96.6 Å². The number of rotatable bonds is 0. The van der Waals surface area contributed by atoms with Gasteiger partial charge in [0.05, 0.1) is 0 Å². The van der Waals surface area contributed by atoms with E-state index < -0.39 is 0 Å². The smallest absolute Gasteiger partial charge is 0.0466 e. The Hall–Kier alpha value is -0.0538.